The SMILES string of the molecule is CCn1cc(C)nc1NCCc1ccc(OC)cc1. The fourth-order valence-corrected chi connectivity index (χ4v) is 2.04. The van der Waals surface area contributed by atoms with Gasteiger partial charge in [0.05, 0.1) is 12.8 Å². The highest BCUT2D eigenvalue weighted by molar-refractivity contribution is 5.31. The highest BCUT2D eigenvalue weighted by atomic mass is 16.5. The van der Waals surface area contributed by atoms with Crippen LogP contribution in [0.5, 0.6) is 5.75 Å². The third-order valence-corrected chi connectivity index (χ3v) is 3.09. The van der Waals surface area contributed by atoms with Gasteiger partial charge >= 0.3 is 0 Å². The van der Waals surface area contributed by atoms with Crippen LogP contribution in [0.3, 0.4) is 0 Å². The second-order valence-electron chi connectivity index (χ2n) is 4.52. The first kappa shape index (κ1) is 13.5. The molecule has 0 saturated carbocycles. The summed E-state index contributed by atoms with van der Waals surface area (Å²) in [6, 6.07) is 8.18. The summed E-state index contributed by atoms with van der Waals surface area (Å²) >= 11 is 0. The monoisotopic (exact) mass is 259 g/mol. The minimum absolute atomic E-state index is 0.878. The molecule has 0 aliphatic heterocycles. The molecule has 1 heterocycles. The Hall–Kier alpha value is -1.97. The molecule has 0 saturated heterocycles. The molecule has 1 aromatic carbocycles. The van der Waals surface area contributed by atoms with Gasteiger partial charge in [0.1, 0.15) is 5.75 Å². The van der Waals surface area contributed by atoms with E-state index in [0.717, 1.165) is 36.9 Å². The number of nitrogens with zero attached hydrogens (tertiary/aromatic N) is 2. The minimum Gasteiger partial charge on any atom is -0.497 e. The van der Waals surface area contributed by atoms with Crippen LogP contribution in [-0.2, 0) is 13.0 Å². The van der Waals surface area contributed by atoms with Crippen LogP contribution < -0.4 is 10.1 Å². The summed E-state index contributed by atoms with van der Waals surface area (Å²) in [6.45, 7) is 5.95. The molecule has 0 spiro atoms. The molecule has 0 radical (unpaired) electrons. The van der Waals surface area contributed by atoms with Crippen LogP contribution in [0, 0.1) is 6.92 Å². The summed E-state index contributed by atoms with van der Waals surface area (Å²) in [4.78, 5) is 4.47. The molecule has 0 bridgehead atoms. The van der Waals surface area contributed by atoms with Gasteiger partial charge in [0, 0.05) is 19.3 Å². The highest BCUT2D eigenvalue weighted by Crippen LogP contribution is 2.12. The van der Waals surface area contributed by atoms with E-state index in [4.69, 9.17) is 4.74 Å². The predicted octanol–water partition coefficient (Wildman–Crippen LogP) is 2.87. The molecule has 1 N–H and O–H groups in total. The summed E-state index contributed by atoms with van der Waals surface area (Å²) in [7, 11) is 1.68. The number of anilines is 1. The second-order valence-corrected chi connectivity index (χ2v) is 4.52. The lowest BCUT2D eigenvalue weighted by molar-refractivity contribution is 0.414. The van der Waals surface area contributed by atoms with E-state index in [2.05, 4.69) is 40.1 Å². The van der Waals surface area contributed by atoms with E-state index in [1.165, 1.54) is 5.56 Å². The molecule has 4 heteroatoms. The van der Waals surface area contributed by atoms with Crippen molar-refractivity contribution in [3.05, 3.63) is 41.7 Å². The largest absolute Gasteiger partial charge is 0.497 e. The molecule has 0 amide bonds. The summed E-state index contributed by atoms with van der Waals surface area (Å²) in [5, 5.41) is 3.38. The number of nitrogens with one attached hydrogen (secondary N) is 1. The van der Waals surface area contributed by atoms with Gasteiger partial charge in [-0.1, -0.05) is 12.1 Å². The zero-order chi connectivity index (χ0) is 13.7. The van der Waals surface area contributed by atoms with Crippen molar-refractivity contribution in [2.75, 3.05) is 19.0 Å². The van der Waals surface area contributed by atoms with Crippen molar-refractivity contribution in [1.29, 1.82) is 0 Å². The van der Waals surface area contributed by atoms with E-state index in [1.807, 2.05) is 19.1 Å². The van der Waals surface area contributed by atoms with Crippen molar-refractivity contribution in [1.82, 2.24) is 9.55 Å². The third-order valence-electron chi connectivity index (χ3n) is 3.09. The molecular weight excluding hydrogens is 238 g/mol. The molecular formula is C15H21N3O. The van der Waals surface area contributed by atoms with E-state index in [1.54, 1.807) is 7.11 Å². The van der Waals surface area contributed by atoms with Gasteiger partial charge < -0.3 is 14.6 Å². The molecule has 0 unspecified atom stereocenters. The number of benzene rings is 1. The minimum atomic E-state index is 0.878. The number of hydrogen-bond acceptors (Lipinski definition) is 3. The molecule has 102 valence electrons. The molecule has 0 aliphatic carbocycles. The maximum atomic E-state index is 5.15. The van der Waals surface area contributed by atoms with Crippen molar-refractivity contribution < 1.29 is 4.74 Å². The van der Waals surface area contributed by atoms with Crippen LogP contribution in [0.4, 0.5) is 5.95 Å². The van der Waals surface area contributed by atoms with Gasteiger partial charge in [-0.2, -0.15) is 0 Å². The molecule has 4 nitrogen and oxygen atoms in total. The zero-order valence-electron chi connectivity index (χ0n) is 11.8. The average molecular weight is 259 g/mol. The van der Waals surface area contributed by atoms with E-state index >= 15 is 0 Å². The normalized spacial score (nSPS) is 10.5. The van der Waals surface area contributed by atoms with Crippen molar-refractivity contribution >= 4 is 5.95 Å². The smallest absolute Gasteiger partial charge is 0.203 e. The Kier molecular flexibility index (Phi) is 4.44. The first-order valence-corrected chi connectivity index (χ1v) is 6.63. The lowest BCUT2D eigenvalue weighted by atomic mass is 10.1. The molecule has 0 aliphatic rings. The highest BCUT2D eigenvalue weighted by Gasteiger charge is 2.03. The average Bonchev–Trinajstić information content (AvgIpc) is 2.80. The van der Waals surface area contributed by atoms with Crippen molar-refractivity contribution in [2.45, 2.75) is 26.8 Å². The Balaban J connectivity index is 1.88. The zero-order valence-corrected chi connectivity index (χ0v) is 11.8. The van der Waals surface area contributed by atoms with Gasteiger partial charge in [-0.15, -0.1) is 0 Å². The summed E-state index contributed by atoms with van der Waals surface area (Å²) in [5.41, 5.74) is 2.34. The summed E-state index contributed by atoms with van der Waals surface area (Å²) in [6.07, 6.45) is 3.04. The standard InChI is InChI=1S/C15H21N3O/c1-4-18-11-12(2)17-15(18)16-10-9-13-5-7-14(19-3)8-6-13/h5-8,11H,4,9-10H2,1-3H3,(H,16,17). The number of rotatable bonds is 6. The van der Waals surface area contributed by atoms with Gasteiger partial charge in [0.2, 0.25) is 5.95 Å². The first-order chi connectivity index (χ1) is 9.22. The van der Waals surface area contributed by atoms with Crippen LogP contribution >= 0.6 is 0 Å². The van der Waals surface area contributed by atoms with E-state index in [0.29, 0.717) is 0 Å². The molecule has 19 heavy (non-hydrogen) atoms. The van der Waals surface area contributed by atoms with Crippen LogP contribution in [0.2, 0.25) is 0 Å². The fourth-order valence-electron chi connectivity index (χ4n) is 2.04. The Labute approximate surface area is 114 Å². The summed E-state index contributed by atoms with van der Waals surface area (Å²) in [5.74, 6) is 1.85. The second kappa shape index (κ2) is 6.27. The number of imidazole rings is 1. The maximum absolute atomic E-state index is 5.15. The lowest BCUT2D eigenvalue weighted by Crippen LogP contribution is -2.10. The van der Waals surface area contributed by atoms with Crippen LogP contribution in [0.25, 0.3) is 0 Å². The summed E-state index contributed by atoms with van der Waals surface area (Å²) < 4.78 is 7.28. The lowest BCUT2D eigenvalue weighted by Gasteiger charge is -2.08. The number of hydrogen-bond donors (Lipinski definition) is 1. The number of aryl methyl sites for hydroxylation is 2. The van der Waals surface area contributed by atoms with Gasteiger partial charge in [0.15, 0.2) is 0 Å². The van der Waals surface area contributed by atoms with Crippen LogP contribution in [0.1, 0.15) is 18.2 Å². The predicted molar refractivity (Wildman–Crippen MR) is 77.8 cm³/mol. The maximum Gasteiger partial charge on any atom is 0.203 e. The quantitative estimate of drug-likeness (QED) is 0.867. The number of aromatic nitrogens is 2. The Morgan fingerprint density at radius 1 is 1.26 bits per heavy atom. The van der Waals surface area contributed by atoms with Crippen LogP contribution in [-0.4, -0.2) is 23.2 Å². The molecule has 2 rings (SSSR count). The van der Waals surface area contributed by atoms with Crippen LogP contribution in [0.15, 0.2) is 30.5 Å². The van der Waals surface area contributed by atoms with Crippen molar-refractivity contribution in [3.63, 3.8) is 0 Å². The van der Waals surface area contributed by atoms with Gasteiger partial charge in [-0.25, -0.2) is 4.98 Å². The molecule has 0 atom stereocenters. The molecule has 1 aromatic heterocycles. The number of ether oxygens (including phenoxy) is 1. The van der Waals surface area contributed by atoms with Gasteiger partial charge in [-0.3, -0.25) is 0 Å². The Morgan fingerprint density at radius 2 is 2.00 bits per heavy atom. The third kappa shape index (κ3) is 3.50. The van der Waals surface area contributed by atoms with Gasteiger partial charge in [0.25, 0.3) is 0 Å². The van der Waals surface area contributed by atoms with Gasteiger partial charge in [-0.05, 0) is 38.0 Å². The fraction of sp³-hybridized carbons (Fsp3) is 0.400. The molecule has 0 fully saturated rings. The van der Waals surface area contributed by atoms with Crippen molar-refractivity contribution in [2.24, 2.45) is 0 Å². The first-order valence-electron chi connectivity index (χ1n) is 6.63. The molecule has 2 aromatic rings. The van der Waals surface area contributed by atoms with Crippen molar-refractivity contribution in [3.8, 4) is 5.75 Å². The topological polar surface area (TPSA) is 39.1 Å². The van der Waals surface area contributed by atoms with E-state index in [9.17, 15) is 0 Å². The van der Waals surface area contributed by atoms with E-state index in [-0.39, 0.29) is 0 Å². The number of methoxy groups -OCH3 is 1. The van der Waals surface area contributed by atoms with E-state index < -0.39 is 0 Å². The Morgan fingerprint density at radius 3 is 2.63 bits per heavy atom. The Bertz CT molecular complexity index is 517.